The molecule has 212 valence electrons. The first-order valence-corrected chi connectivity index (χ1v) is 18.5. The van der Waals surface area contributed by atoms with Crippen LogP contribution in [0.4, 0.5) is 0 Å². The second-order valence-electron chi connectivity index (χ2n) is 14.4. The highest BCUT2D eigenvalue weighted by molar-refractivity contribution is 6.74. The van der Waals surface area contributed by atoms with Crippen molar-refractivity contribution in [2.75, 3.05) is 13.2 Å². The molecule has 0 bridgehead atoms. The Morgan fingerprint density at radius 2 is 1.70 bits per heavy atom. The summed E-state index contributed by atoms with van der Waals surface area (Å²) in [6.07, 6.45) is 13.8. The molecule has 4 fully saturated rings. The van der Waals surface area contributed by atoms with Gasteiger partial charge in [-0.25, -0.2) is 0 Å². The highest BCUT2D eigenvalue weighted by Crippen LogP contribution is 2.70. The summed E-state index contributed by atoms with van der Waals surface area (Å²) in [4.78, 5) is 0. The zero-order valence-corrected chi connectivity index (χ0v) is 26.0. The van der Waals surface area contributed by atoms with Crippen molar-refractivity contribution in [3.63, 3.8) is 0 Å². The van der Waals surface area contributed by atoms with Gasteiger partial charge in [0.05, 0.1) is 25.2 Å². The maximum absolute atomic E-state index is 11.3. The van der Waals surface area contributed by atoms with Gasteiger partial charge in [0.2, 0.25) is 0 Å². The van der Waals surface area contributed by atoms with Crippen molar-refractivity contribution in [3.8, 4) is 11.8 Å². The van der Waals surface area contributed by atoms with Crippen LogP contribution in [0.2, 0.25) is 18.1 Å². The second kappa shape index (κ2) is 11.6. The van der Waals surface area contributed by atoms with Crippen molar-refractivity contribution in [1.29, 1.82) is 0 Å². The molecule has 1 heterocycles. The summed E-state index contributed by atoms with van der Waals surface area (Å²) >= 11 is 0. The fourth-order valence-electron chi connectivity index (χ4n) is 7.77. The molecule has 4 aliphatic rings. The summed E-state index contributed by atoms with van der Waals surface area (Å²) in [5.74, 6) is 8.10. The molecule has 0 aromatic heterocycles. The molecule has 1 saturated heterocycles. The van der Waals surface area contributed by atoms with Crippen molar-refractivity contribution in [2.45, 2.75) is 148 Å². The Morgan fingerprint density at radius 3 is 2.32 bits per heavy atom. The lowest BCUT2D eigenvalue weighted by Gasteiger charge is -2.69. The van der Waals surface area contributed by atoms with Gasteiger partial charge in [0.15, 0.2) is 14.1 Å². The van der Waals surface area contributed by atoms with Crippen molar-refractivity contribution >= 4 is 8.32 Å². The average molecular weight is 533 g/mol. The quantitative estimate of drug-likeness (QED) is 0.198. The minimum absolute atomic E-state index is 0.0161. The molecule has 0 aromatic rings. The summed E-state index contributed by atoms with van der Waals surface area (Å²) in [6, 6.07) is 0. The second-order valence-corrected chi connectivity index (χ2v) is 19.1. The third kappa shape index (κ3) is 5.62. The van der Waals surface area contributed by atoms with Gasteiger partial charge in [-0.15, -0.1) is 0 Å². The van der Waals surface area contributed by atoms with E-state index in [9.17, 15) is 5.11 Å². The van der Waals surface area contributed by atoms with E-state index in [2.05, 4.69) is 59.6 Å². The van der Waals surface area contributed by atoms with Crippen LogP contribution in [0.1, 0.15) is 112 Å². The van der Waals surface area contributed by atoms with Crippen molar-refractivity contribution in [1.82, 2.24) is 0 Å². The fraction of sp³-hybridized carbons (Fsp3) is 0.938. The Hall–Kier alpha value is -0.383. The molecule has 0 amide bonds. The highest BCUT2D eigenvalue weighted by Gasteiger charge is 2.75. The van der Waals surface area contributed by atoms with E-state index in [1.807, 2.05) is 0 Å². The minimum atomic E-state index is -1.96. The lowest BCUT2D eigenvalue weighted by molar-refractivity contribution is -0.385. The number of unbranched alkanes of at least 4 members (excludes halogenated alkanes) is 3. The number of rotatable bonds is 8. The zero-order chi connectivity index (χ0) is 26.9. The Balaban J connectivity index is 1.61. The van der Waals surface area contributed by atoms with Crippen LogP contribution in [0.5, 0.6) is 0 Å². The van der Waals surface area contributed by atoms with Crippen LogP contribution < -0.4 is 0 Å². The molecule has 1 N–H and O–H groups in total. The summed E-state index contributed by atoms with van der Waals surface area (Å²) in [7, 11) is -1.96. The van der Waals surface area contributed by atoms with E-state index in [1.165, 1.54) is 57.8 Å². The van der Waals surface area contributed by atoms with Crippen LogP contribution in [0.25, 0.3) is 0 Å². The number of fused-ring (bicyclic) bond motifs is 2. The lowest BCUT2D eigenvalue weighted by Crippen LogP contribution is -2.74. The molecular weight excluding hydrogens is 476 g/mol. The normalized spacial score (nSPS) is 34.9. The van der Waals surface area contributed by atoms with Gasteiger partial charge in [-0.2, -0.15) is 0 Å². The number of aliphatic hydroxyl groups is 1. The molecule has 1 aliphatic heterocycles. The van der Waals surface area contributed by atoms with Crippen LogP contribution in [0, 0.1) is 40.9 Å². The first kappa shape index (κ1) is 29.6. The minimum Gasteiger partial charge on any atom is -0.403 e. The molecule has 3 saturated carbocycles. The van der Waals surface area contributed by atoms with E-state index in [4.69, 9.17) is 13.9 Å². The smallest absolute Gasteiger partial charge is 0.193 e. The van der Waals surface area contributed by atoms with E-state index < -0.39 is 14.1 Å². The third-order valence-electron chi connectivity index (χ3n) is 11.0. The highest BCUT2D eigenvalue weighted by atomic mass is 28.4. The van der Waals surface area contributed by atoms with E-state index in [0.29, 0.717) is 31.0 Å². The number of hydrogen-bond acceptors (Lipinski definition) is 4. The lowest BCUT2D eigenvalue weighted by atomic mass is 9.41. The van der Waals surface area contributed by atoms with Crippen LogP contribution >= 0.6 is 0 Å². The maximum atomic E-state index is 11.3. The van der Waals surface area contributed by atoms with Crippen LogP contribution in [-0.4, -0.2) is 44.6 Å². The molecule has 4 nitrogen and oxygen atoms in total. The van der Waals surface area contributed by atoms with Crippen LogP contribution in [0.3, 0.4) is 0 Å². The van der Waals surface area contributed by atoms with E-state index >= 15 is 0 Å². The number of aliphatic hydroxyl groups excluding tert-OH is 1. The molecule has 1 unspecified atom stereocenters. The summed E-state index contributed by atoms with van der Waals surface area (Å²) < 4.78 is 19.9. The Morgan fingerprint density at radius 1 is 1.03 bits per heavy atom. The SMILES string of the molecule is CCCCCCC1[C@H]2[C@H](C#C[C@@H](O[Si](C)(C)C(C)(C)C)C3CCCCC3)[C@@H](O)CC[C@@]2(C)C12OCCO2. The molecule has 6 atom stereocenters. The standard InChI is InChI=1S/C32H56O4Si/c1-8-9-10-14-17-26-29-25(27(33)20-21-31(29,5)32(26)34-22-23-35-32)18-19-28(24-15-12-11-13-16-24)36-37(6,7)30(2,3)4/h24-29,33H,8-17,20-23H2,1-7H3/t25-,26?,27+,28-,29-,31-/m1/s1. The van der Waals surface area contributed by atoms with Crippen molar-refractivity contribution < 1.29 is 19.0 Å². The summed E-state index contributed by atoms with van der Waals surface area (Å²) in [6.45, 7) is 17.7. The largest absolute Gasteiger partial charge is 0.403 e. The molecule has 5 heteroatoms. The molecule has 0 radical (unpaired) electrons. The molecule has 1 spiro atoms. The molecule has 0 aromatic carbocycles. The van der Waals surface area contributed by atoms with Gasteiger partial charge in [-0.3, -0.25) is 0 Å². The van der Waals surface area contributed by atoms with Gasteiger partial charge in [0, 0.05) is 11.3 Å². The van der Waals surface area contributed by atoms with E-state index in [0.717, 1.165) is 19.3 Å². The zero-order valence-electron chi connectivity index (χ0n) is 25.0. The van der Waals surface area contributed by atoms with Crippen LogP contribution in [0.15, 0.2) is 0 Å². The Bertz CT molecular complexity index is 811. The van der Waals surface area contributed by atoms with Gasteiger partial charge in [0.1, 0.15) is 6.10 Å². The summed E-state index contributed by atoms with van der Waals surface area (Å²) in [5, 5.41) is 11.5. The molecule has 37 heavy (non-hydrogen) atoms. The van der Waals surface area contributed by atoms with Crippen molar-refractivity contribution in [2.24, 2.45) is 29.1 Å². The van der Waals surface area contributed by atoms with Gasteiger partial charge < -0.3 is 19.0 Å². The number of hydrogen-bond donors (Lipinski definition) is 1. The van der Waals surface area contributed by atoms with Gasteiger partial charge in [-0.05, 0) is 62.1 Å². The Labute approximate surface area is 229 Å². The maximum Gasteiger partial charge on any atom is 0.193 e. The fourth-order valence-corrected chi connectivity index (χ4v) is 9.01. The summed E-state index contributed by atoms with van der Waals surface area (Å²) in [5.41, 5.74) is -0.0713. The average Bonchev–Trinajstić information content (AvgIpc) is 3.37. The monoisotopic (exact) mass is 532 g/mol. The van der Waals surface area contributed by atoms with E-state index in [1.54, 1.807) is 0 Å². The molecule has 4 rings (SSSR count). The van der Waals surface area contributed by atoms with E-state index in [-0.39, 0.29) is 28.6 Å². The molecule has 3 aliphatic carbocycles. The first-order chi connectivity index (χ1) is 17.5. The van der Waals surface area contributed by atoms with Gasteiger partial charge in [0.25, 0.3) is 0 Å². The third-order valence-corrected chi connectivity index (χ3v) is 15.5. The topological polar surface area (TPSA) is 47.9 Å². The predicted octanol–water partition coefficient (Wildman–Crippen LogP) is 7.70. The number of ether oxygens (including phenoxy) is 2. The Kier molecular flexibility index (Phi) is 9.29. The predicted molar refractivity (Wildman–Crippen MR) is 154 cm³/mol. The van der Waals surface area contributed by atoms with Crippen molar-refractivity contribution in [3.05, 3.63) is 0 Å². The van der Waals surface area contributed by atoms with Gasteiger partial charge in [-0.1, -0.05) is 91.4 Å². The van der Waals surface area contributed by atoms with Gasteiger partial charge >= 0.3 is 0 Å². The van der Waals surface area contributed by atoms with Crippen LogP contribution in [-0.2, 0) is 13.9 Å². The first-order valence-electron chi connectivity index (χ1n) is 15.6. The molecular formula is C32H56O4Si.